The minimum atomic E-state index is -0.757. The van der Waals surface area contributed by atoms with Gasteiger partial charge in [-0.1, -0.05) is 17.7 Å². The zero-order valence-electron chi connectivity index (χ0n) is 15.5. The van der Waals surface area contributed by atoms with Gasteiger partial charge in [0.25, 0.3) is 0 Å². The van der Waals surface area contributed by atoms with Gasteiger partial charge >= 0.3 is 0 Å². The van der Waals surface area contributed by atoms with E-state index in [0.717, 1.165) is 41.8 Å². The van der Waals surface area contributed by atoms with Crippen LogP contribution < -0.4 is 4.73 Å². The summed E-state index contributed by atoms with van der Waals surface area (Å²) in [6, 6.07) is 7.94. The highest BCUT2D eigenvalue weighted by molar-refractivity contribution is 6.31. The minimum absolute atomic E-state index is 0.110. The fourth-order valence-corrected chi connectivity index (χ4v) is 5.04. The van der Waals surface area contributed by atoms with Gasteiger partial charge in [0.15, 0.2) is 6.20 Å². The van der Waals surface area contributed by atoms with Crippen LogP contribution in [0, 0.1) is 16.9 Å². The first kappa shape index (κ1) is 19.6. The molecule has 0 unspecified atom stereocenters. The number of benzene rings is 1. The van der Waals surface area contributed by atoms with E-state index in [-0.39, 0.29) is 17.7 Å². The van der Waals surface area contributed by atoms with E-state index in [0.29, 0.717) is 23.7 Å². The Morgan fingerprint density at radius 1 is 1.29 bits per heavy atom. The topological polar surface area (TPSA) is 70.6 Å². The van der Waals surface area contributed by atoms with Crippen LogP contribution in [0.5, 0.6) is 0 Å². The van der Waals surface area contributed by atoms with Crippen molar-refractivity contribution in [2.24, 2.45) is 5.92 Å². The summed E-state index contributed by atoms with van der Waals surface area (Å²) < 4.78 is 14.1. The zero-order chi connectivity index (χ0) is 19.8. The first-order chi connectivity index (χ1) is 13.4. The maximum Gasteiger partial charge on any atom is 0.224 e. The number of hydrogen-bond acceptors (Lipinski definition) is 4. The number of likely N-dealkylation sites (tertiary alicyclic amines) is 1. The van der Waals surface area contributed by atoms with Gasteiger partial charge in [-0.25, -0.2) is 4.39 Å². The van der Waals surface area contributed by atoms with Crippen LogP contribution in [-0.2, 0) is 6.42 Å². The molecule has 2 heterocycles. The Balaban J connectivity index is 1.40. The van der Waals surface area contributed by atoms with Crippen molar-refractivity contribution in [1.29, 1.82) is 0 Å². The van der Waals surface area contributed by atoms with Crippen molar-refractivity contribution in [2.45, 2.75) is 37.4 Å². The number of hydrogen-bond donors (Lipinski definition) is 2. The molecule has 0 bridgehead atoms. The lowest BCUT2D eigenvalue weighted by molar-refractivity contribution is -0.619. The molecule has 0 spiro atoms. The molecule has 0 amide bonds. The molecule has 5 nitrogen and oxygen atoms in total. The molecule has 1 aromatic carbocycles. The molecular formula is C21H24ClFN2O3. The molecule has 7 heteroatoms. The lowest BCUT2D eigenvalue weighted by atomic mass is 9.83. The van der Waals surface area contributed by atoms with Gasteiger partial charge in [0.05, 0.1) is 6.10 Å². The second-order valence-corrected chi connectivity index (χ2v) is 8.36. The van der Waals surface area contributed by atoms with Crippen LogP contribution in [0.15, 0.2) is 36.5 Å². The smallest absolute Gasteiger partial charge is 0.224 e. The van der Waals surface area contributed by atoms with Crippen LogP contribution in [0.4, 0.5) is 4.39 Å². The van der Waals surface area contributed by atoms with Crippen LogP contribution in [0.1, 0.15) is 41.7 Å². The van der Waals surface area contributed by atoms with Crippen molar-refractivity contribution in [2.75, 3.05) is 19.6 Å². The summed E-state index contributed by atoms with van der Waals surface area (Å²) in [5.74, 6) is -0.263. The highest BCUT2D eigenvalue weighted by Gasteiger charge is 2.35. The number of fused-ring (bicyclic) bond motifs is 1. The van der Waals surface area contributed by atoms with Crippen molar-refractivity contribution >= 4 is 11.6 Å². The number of rotatable bonds is 3. The van der Waals surface area contributed by atoms with E-state index in [9.17, 15) is 19.8 Å². The Morgan fingerprint density at radius 3 is 2.86 bits per heavy atom. The van der Waals surface area contributed by atoms with Gasteiger partial charge in [-0.3, -0.25) is 0 Å². The van der Waals surface area contributed by atoms with E-state index >= 15 is 0 Å². The Morgan fingerprint density at radius 2 is 2.11 bits per heavy atom. The van der Waals surface area contributed by atoms with E-state index in [1.165, 1.54) is 18.3 Å². The summed E-state index contributed by atoms with van der Waals surface area (Å²) in [6.07, 6.45) is 2.10. The molecule has 1 saturated heterocycles. The highest BCUT2D eigenvalue weighted by atomic mass is 35.5. The predicted octanol–water partition coefficient (Wildman–Crippen LogP) is 2.56. The molecule has 2 aromatic rings. The van der Waals surface area contributed by atoms with Gasteiger partial charge in [-0.05, 0) is 55.5 Å². The van der Waals surface area contributed by atoms with E-state index in [2.05, 4.69) is 4.90 Å². The number of halogens is 2. The first-order valence-corrected chi connectivity index (χ1v) is 10.0. The van der Waals surface area contributed by atoms with Crippen molar-refractivity contribution in [3.8, 4) is 0 Å². The van der Waals surface area contributed by atoms with Crippen molar-refractivity contribution in [3.63, 3.8) is 0 Å². The molecule has 1 fully saturated rings. The Bertz CT molecular complexity index is 866. The fraction of sp³-hybridized carbons (Fsp3) is 0.476. The Kier molecular flexibility index (Phi) is 5.56. The molecule has 4 atom stereocenters. The molecule has 0 saturated carbocycles. The van der Waals surface area contributed by atoms with Gasteiger partial charge in [-0.15, -0.1) is 0 Å². The first-order valence-electron chi connectivity index (χ1n) is 9.66. The summed E-state index contributed by atoms with van der Waals surface area (Å²) in [5.41, 5.74) is 2.15. The van der Waals surface area contributed by atoms with Gasteiger partial charge in [0.2, 0.25) is 5.69 Å². The molecule has 150 valence electrons. The standard InChI is InChI=1S/C21H24ClFN2O3/c22-18-10-15(23)3-4-16(18)17-5-7-24(12-20(17)27)11-13-8-14-2-1-6-25(28)21(14)19(26)9-13/h1-4,6,10,13,17,19-20,26-27H,5,7-9,11-12H2/t13-,17-,19+,20+/m1/s1. The van der Waals surface area contributed by atoms with Crippen molar-refractivity contribution < 1.29 is 19.3 Å². The lowest BCUT2D eigenvalue weighted by Gasteiger charge is -2.39. The van der Waals surface area contributed by atoms with E-state index in [1.807, 2.05) is 6.07 Å². The van der Waals surface area contributed by atoms with Crippen molar-refractivity contribution in [3.05, 3.63) is 69.4 Å². The number of aliphatic hydroxyl groups excluding tert-OH is 2. The third-order valence-corrected chi connectivity index (χ3v) is 6.34. The van der Waals surface area contributed by atoms with Gasteiger partial charge in [0.1, 0.15) is 11.9 Å². The second-order valence-electron chi connectivity index (χ2n) is 7.95. The second kappa shape index (κ2) is 7.95. The minimum Gasteiger partial charge on any atom is -0.618 e. The maximum absolute atomic E-state index is 13.3. The van der Waals surface area contributed by atoms with Crippen molar-refractivity contribution in [1.82, 2.24) is 4.90 Å². The quantitative estimate of drug-likeness (QED) is 0.607. The van der Waals surface area contributed by atoms with E-state index < -0.39 is 12.2 Å². The molecule has 2 N–H and O–H groups in total. The SMILES string of the molecule is [O-][n+]1cccc2c1[C@@H](O)C[C@H](CN1CC[C@H](c3ccc(F)cc3Cl)[C@@H](O)C1)C2. The zero-order valence-corrected chi connectivity index (χ0v) is 16.2. The van der Waals surface area contributed by atoms with E-state index in [1.54, 1.807) is 12.1 Å². The normalized spacial score (nSPS) is 28.1. The Labute approximate surface area is 168 Å². The third-order valence-electron chi connectivity index (χ3n) is 6.01. The summed E-state index contributed by atoms with van der Waals surface area (Å²) in [7, 11) is 0. The van der Waals surface area contributed by atoms with Gasteiger partial charge < -0.3 is 20.3 Å². The molecule has 28 heavy (non-hydrogen) atoms. The molecule has 4 rings (SSSR count). The molecule has 2 aliphatic rings. The van der Waals surface area contributed by atoms with E-state index in [4.69, 9.17) is 11.6 Å². The van der Waals surface area contributed by atoms with Gasteiger partial charge in [0, 0.05) is 35.7 Å². The van der Waals surface area contributed by atoms with Crippen LogP contribution in [0.2, 0.25) is 5.02 Å². The lowest BCUT2D eigenvalue weighted by Crippen LogP contribution is -2.46. The predicted molar refractivity (Wildman–Crippen MR) is 103 cm³/mol. The summed E-state index contributed by atoms with van der Waals surface area (Å²) in [4.78, 5) is 2.20. The number of aromatic nitrogens is 1. The summed E-state index contributed by atoms with van der Waals surface area (Å²) >= 11 is 6.18. The number of aliphatic hydroxyl groups is 2. The average Bonchev–Trinajstić information content (AvgIpc) is 2.62. The molecule has 1 aliphatic heterocycles. The molecule has 1 aliphatic carbocycles. The van der Waals surface area contributed by atoms with Gasteiger partial charge in [-0.2, -0.15) is 4.73 Å². The number of pyridine rings is 1. The fourth-order valence-electron chi connectivity index (χ4n) is 4.73. The summed E-state index contributed by atoms with van der Waals surface area (Å²) in [6.45, 7) is 2.06. The summed E-state index contributed by atoms with van der Waals surface area (Å²) in [5, 5.41) is 33.3. The number of piperidine rings is 1. The van der Waals surface area contributed by atoms with Crippen LogP contribution in [0.25, 0.3) is 0 Å². The van der Waals surface area contributed by atoms with Crippen LogP contribution in [0.3, 0.4) is 0 Å². The number of β-amino-alcohol motifs (C(OH)–C–C–N with tert-alkyl or cyclic N) is 1. The molecule has 0 radical (unpaired) electrons. The number of nitrogens with zero attached hydrogens (tertiary/aromatic N) is 2. The van der Waals surface area contributed by atoms with Crippen LogP contribution in [-0.4, -0.2) is 40.9 Å². The third kappa shape index (κ3) is 3.87. The average molecular weight is 407 g/mol. The Hall–Kier alpha value is -1.73. The molecular weight excluding hydrogens is 383 g/mol. The monoisotopic (exact) mass is 406 g/mol. The maximum atomic E-state index is 13.3. The van der Waals surface area contributed by atoms with Crippen LogP contribution >= 0.6 is 11.6 Å². The molecule has 1 aromatic heterocycles. The highest BCUT2D eigenvalue weighted by Crippen LogP contribution is 2.35. The largest absolute Gasteiger partial charge is 0.618 e.